The molecule has 18 heavy (non-hydrogen) atoms. The Morgan fingerprint density at radius 2 is 2.11 bits per heavy atom. The monoisotopic (exact) mass is 316 g/mol. The number of aliphatic hydroxyl groups excluding tert-OH is 1. The van der Waals surface area contributed by atoms with Gasteiger partial charge in [-0.2, -0.15) is 0 Å². The van der Waals surface area contributed by atoms with Crippen LogP contribution in [-0.4, -0.2) is 17.3 Å². The van der Waals surface area contributed by atoms with Crippen LogP contribution in [0.1, 0.15) is 33.1 Å². The Kier molecular flexibility index (Phi) is 3.97. The van der Waals surface area contributed by atoms with Gasteiger partial charge in [0.05, 0.1) is 6.10 Å². The Bertz CT molecular complexity index is 432. The van der Waals surface area contributed by atoms with Gasteiger partial charge in [-0.1, -0.05) is 29.8 Å². The molecule has 2 unspecified atom stereocenters. The van der Waals surface area contributed by atoms with Crippen molar-refractivity contribution in [1.29, 1.82) is 0 Å². The van der Waals surface area contributed by atoms with Crippen LogP contribution in [0.15, 0.2) is 22.7 Å². The summed E-state index contributed by atoms with van der Waals surface area (Å²) in [4.78, 5) is 0. The summed E-state index contributed by atoms with van der Waals surface area (Å²) in [6.07, 6.45) is 1.83. The molecule has 0 aliphatic heterocycles. The van der Waals surface area contributed by atoms with Gasteiger partial charge in [0.2, 0.25) is 0 Å². The van der Waals surface area contributed by atoms with Crippen LogP contribution in [0.4, 0.5) is 4.39 Å². The molecule has 2 nitrogen and oxygen atoms in total. The topological polar surface area (TPSA) is 29.5 Å². The molecule has 0 aromatic heterocycles. The summed E-state index contributed by atoms with van der Waals surface area (Å²) in [5, 5.41) is 9.94. The average molecular weight is 317 g/mol. The van der Waals surface area contributed by atoms with Gasteiger partial charge in [-0.25, -0.2) is 4.39 Å². The van der Waals surface area contributed by atoms with E-state index in [1.165, 1.54) is 6.07 Å². The number of hydrogen-bond acceptors (Lipinski definition) is 2. The van der Waals surface area contributed by atoms with E-state index in [0.717, 1.165) is 12.8 Å². The molecule has 4 heteroatoms. The minimum atomic E-state index is -0.369. The molecule has 100 valence electrons. The van der Waals surface area contributed by atoms with Crippen molar-refractivity contribution in [3.8, 4) is 5.75 Å². The van der Waals surface area contributed by atoms with Crippen molar-refractivity contribution in [2.45, 2.75) is 45.3 Å². The smallest absolute Gasteiger partial charge is 0.166 e. The summed E-state index contributed by atoms with van der Waals surface area (Å²) >= 11 is 3.22. The van der Waals surface area contributed by atoms with Crippen molar-refractivity contribution in [3.05, 3.63) is 28.5 Å². The molecular formula is C14H18BrFO2. The highest BCUT2D eigenvalue weighted by molar-refractivity contribution is 9.10. The highest BCUT2D eigenvalue weighted by Crippen LogP contribution is 2.49. The molecule has 1 aliphatic rings. The van der Waals surface area contributed by atoms with E-state index in [1.54, 1.807) is 12.1 Å². The van der Waals surface area contributed by atoms with Gasteiger partial charge in [-0.3, -0.25) is 0 Å². The molecule has 1 N–H and O–H groups in total. The molecule has 1 aromatic carbocycles. The number of hydrogen-bond donors (Lipinski definition) is 1. The molecule has 1 aliphatic carbocycles. The molecule has 1 fully saturated rings. The van der Waals surface area contributed by atoms with Gasteiger partial charge < -0.3 is 9.84 Å². The lowest BCUT2D eigenvalue weighted by molar-refractivity contribution is -0.160. The zero-order chi connectivity index (χ0) is 13.3. The minimum absolute atomic E-state index is 0.0989. The quantitative estimate of drug-likeness (QED) is 0.912. The van der Waals surface area contributed by atoms with Crippen molar-refractivity contribution in [1.82, 2.24) is 0 Å². The van der Waals surface area contributed by atoms with Crippen LogP contribution in [0.3, 0.4) is 0 Å². The summed E-state index contributed by atoms with van der Waals surface area (Å²) in [5.74, 6) is -0.103. The van der Waals surface area contributed by atoms with Crippen molar-refractivity contribution in [3.63, 3.8) is 0 Å². The molecular weight excluding hydrogens is 299 g/mol. The molecule has 0 saturated heterocycles. The van der Waals surface area contributed by atoms with E-state index in [4.69, 9.17) is 4.74 Å². The third kappa shape index (κ3) is 2.16. The van der Waals surface area contributed by atoms with Crippen LogP contribution < -0.4 is 4.74 Å². The number of rotatable bonds is 4. The van der Waals surface area contributed by atoms with Crippen LogP contribution in [0, 0.1) is 11.2 Å². The lowest BCUT2D eigenvalue weighted by atomic mass is 9.60. The van der Waals surface area contributed by atoms with Gasteiger partial charge >= 0.3 is 0 Å². The molecule has 2 atom stereocenters. The van der Waals surface area contributed by atoms with Crippen LogP contribution >= 0.6 is 15.9 Å². The molecule has 1 aromatic rings. The van der Waals surface area contributed by atoms with Crippen molar-refractivity contribution in [2.24, 2.45) is 5.41 Å². The van der Waals surface area contributed by atoms with Gasteiger partial charge in [-0.15, -0.1) is 0 Å². The van der Waals surface area contributed by atoms with E-state index in [1.807, 2.05) is 13.8 Å². The second-order valence-corrected chi connectivity index (χ2v) is 5.79. The molecule has 0 amide bonds. The largest absolute Gasteiger partial charge is 0.487 e. The molecule has 0 bridgehead atoms. The van der Waals surface area contributed by atoms with Crippen molar-refractivity contribution >= 4 is 15.9 Å². The Hall–Kier alpha value is -0.610. The van der Waals surface area contributed by atoms with Gasteiger partial charge in [0.15, 0.2) is 11.6 Å². The maximum atomic E-state index is 13.7. The SMILES string of the molecule is CCC1(CC)C(O)CC1Oc1ccc(Br)cc1F. The third-order valence-corrected chi connectivity index (χ3v) is 4.72. The first kappa shape index (κ1) is 13.8. The van der Waals surface area contributed by atoms with Gasteiger partial charge in [0.1, 0.15) is 6.10 Å². The van der Waals surface area contributed by atoms with E-state index in [0.29, 0.717) is 10.9 Å². The first-order valence-corrected chi connectivity index (χ1v) is 7.12. The zero-order valence-corrected chi connectivity index (χ0v) is 12.2. The standard InChI is InChI=1S/C14H18BrFO2/c1-3-14(4-2)12(17)8-13(14)18-11-6-5-9(15)7-10(11)16/h5-7,12-13,17H,3-4,8H2,1-2H3. The summed E-state index contributed by atoms with van der Waals surface area (Å²) in [5.41, 5.74) is -0.223. The third-order valence-electron chi connectivity index (χ3n) is 4.22. The van der Waals surface area contributed by atoms with Crippen LogP contribution in [0.5, 0.6) is 5.75 Å². The first-order chi connectivity index (χ1) is 8.53. The molecule has 2 rings (SSSR count). The lowest BCUT2D eigenvalue weighted by Gasteiger charge is -2.52. The van der Waals surface area contributed by atoms with Crippen LogP contribution in [-0.2, 0) is 0 Å². The second kappa shape index (κ2) is 5.17. The average Bonchev–Trinajstić information content (AvgIpc) is 2.33. The van der Waals surface area contributed by atoms with E-state index in [-0.39, 0.29) is 29.2 Å². The van der Waals surface area contributed by atoms with E-state index in [2.05, 4.69) is 15.9 Å². The first-order valence-electron chi connectivity index (χ1n) is 6.33. The van der Waals surface area contributed by atoms with Crippen LogP contribution in [0.25, 0.3) is 0 Å². The fourth-order valence-corrected chi connectivity index (χ4v) is 3.13. The normalized spacial score (nSPS) is 25.6. The number of benzene rings is 1. The Morgan fingerprint density at radius 3 is 2.61 bits per heavy atom. The lowest BCUT2D eigenvalue weighted by Crippen LogP contribution is -2.59. The zero-order valence-electron chi connectivity index (χ0n) is 10.6. The van der Waals surface area contributed by atoms with Crippen LogP contribution in [0.2, 0.25) is 0 Å². The van der Waals surface area contributed by atoms with Crippen molar-refractivity contribution < 1.29 is 14.2 Å². The fourth-order valence-electron chi connectivity index (χ4n) is 2.79. The molecule has 1 saturated carbocycles. The van der Waals surface area contributed by atoms with Gasteiger partial charge in [0.25, 0.3) is 0 Å². The minimum Gasteiger partial charge on any atom is -0.487 e. The fraction of sp³-hybridized carbons (Fsp3) is 0.571. The summed E-state index contributed by atoms with van der Waals surface area (Å²) in [6, 6.07) is 4.78. The summed E-state index contributed by atoms with van der Waals surface area (Å²) in [7, 11) is 0. The van der Waals surface area contributed by atoms with Gasteiger partial charge in [0, 0.05) is 16.3 Å². The van der Waals surface area contributed by atoms with Crippen molar-refractivity contribution in [2.75, 3.05) is 0 Å². The predicted octanol–water partition coefficient (Wildman–Crippen LogP) is 3.91. The Labute approximate surface area is 115 Å². The number of halogens is 2. The second-order valence-electron chi connectivity index (χ2n) is 4.87. The summed E-state index contributed by atoms with van der Waals surface area (Å²) < 4.78 is 20.2. The van der Waals surface area contributed by atoms with E-state index < -0.39 is 0 Å². The van der Waals surface area contributed by atoms with E-state index in [9.17, 15) is 9.50 Å². The van der Waals surface area contributed by atoms with E-state index >= 15 is 0 Å². The maximum absolute atomic E-state index is 13.7. The molecule has 0 heterocycles. The molecule has 0 radical (unpaired) electrons. The number of aliphatic hydroxyl groups is 1. The summed E-state index contributed by atoms with van der Waals surface area (Å²) in [6.45, 7) is 4.08. The highest BCUT2D eigenvalue weighted by atomic mass is 79.9. The highest BCUT2D eigenvalue weighted by Gasteiger charge is 2.53. The Balaban J connectivity index is 2.15. The number of ether oxygens (including phenoxy) is 1. The predicted molar refractivity (Wildman–Crippen MR) is 72.2 cm³/mol. The van der Waals surface area contributed by atoms with Gasteiger partial charge in [-0.05, 0) is 31.0 Å². The molecule has 0 spiro atoms. The Morgan fingerprint density at radius 1 is 1.44 bits per heavy atom. The maximum Gasteiger partial charge on any atom is 0.166 e.